The Bertz CT molecular complexity index is 549. The summed E-state index contributed by atoms with van der Waals surface area (Å²) >= 11 is 0. The molecule has 1 aromatic carbocycles. The fourth-order valence-corrected chi connectivity index (χ4v) is 4.46. The van der Waals surface area contributed by atoms with Gasteiger partial charge in [0.2, 0.25) is 0 Å². The van der Waals surface area contributed by atoms with Gasteiger partial charge >= 0.3 is 23.2 Å². The molecule has 1 rings (SSSR count). The Labute approximate surface area is 101 Å². The molecule has 12 heteroatoms. The van der Waals surface area contributed by atoms with Crippen molar-refractivity contribution in [3.05, 3.63) is 30.3 Å². The number of benzene rings is 1. The van der Waals surface area contributed by atoms with Crippen molar-refractivity contribution in [3.63, 3.8) is 0 Å². The van der Waals surface area contributed by atoms with Gasteiger partial charge in [-0.3, -0.25) is 4.57 Å². The van der Waals surface area contributed by atoms with Gasteiger partial charge in [0.1, 0.15) is 0 Å². The molecule has 0 saturated heterocycles. The van der Waals surface area contributed by atoms with Gasteiger partial charge in [-0.2, -0.15) is 4.31 Å². The van der Waals surface area contributed by atoms with Crippen molar-refractivity contribution in [3.8, 4) is 0 Å². The second-order valence-electron chi connectivity index (χ2n) is 2.98. The molecular formula is C6H9O9P3. The van der Waals surface area contributed by atoms with Gasteiger partial charge in [-0.1, -0.05) is 18.2 Å². The van der Waals surface area contributed by atoms with E-state index in [9.17, 15) is 18.6 Å². The zero-order valence-electron chi connectivity index (χ0n) is 8.56. The summed E-state index contributed by atoms with van der Waals surface area (Å²) in [6.45, 7) is 0. The van der Waals surface area contributed by atoms with Crippen LogP contribution in [0, 0.1) is 0 Å². The highest BCUT2D eigenvalue weighted by Gasteiger charge is 2.40. The van der Waals surface area contributed by atoms with Crippen molar-refractivity contribution in [2.75, 3.05) is 0 Å². The summed E-state index contributed by atoms with van der Waals surface area (Å²) in [5.74, 6) is 0. The van der Waals surface area contributed by atoms with Crippen molar-refractivity contribution < 1.29 is 41.9 Å². The molecule has 0 aliphatic heterocycles. The van der Waals surface area contributed by atoms with E-state index in [4.69, 9.17) is 14.7 Å². The van der Waals surface area contributed by atoms with Gasteiger partial charge in [0.05, 0.1) is 5.30 Å². The molecule has 4 N–H and O–H groups in total. The highest BCUT2D eigenvalue weighted by molar-refractivity contribution is 7.71. The van der Waals surface area contributed by atoms with Crippen LogP contribution in [0.1, 0.15) is 0 Å². The highest BCUT2D eigenvalue weighted by atomic mass is 31.3. The molecule has 2 atom stereocenters. The molecule has 0 spiro atoms. The molecule has 9 nitrogen and oxygen atoms in total. The second-order valence-corrected chi connectivity index (χ2v) is 7.76. The minimum absolute atomic E-state index is 0.325. The van der Waals surface area contributed by atoms with E-state index in [1.165, 1.54) is 18.2 Å². The third-order valence-corrected chi connectivity index (χ3v) is 5.84. The monoisotopic (exact) mass is 318 g/mol. The SMILES string of the molecule is O=P(O)(O)OP(=O)(O)OP(=O)(O)c1ccccc1. The topological polar surface area (TPSA) is 151 Å². The fraction of sp³-hybridized carbons (Fsp3) is 0. The van der Waals surface area contributed by atoms with E-state index < -0.39 is 23.2 Å². The molecule has 0 radical (unpaired) electrons. The summed E-state index contributed by atoms with van der Waals surface area (Å²) in [5, 5.41) is -0.325. The summed E-state index contributed by atoms with van der Waals surface area (Å²) in [6, 6.07) is 6.53. The molecule has 0 saturated carbocycles. The first-order chi connectivity index (χ1) is 8.02. The smallest absolute Gasteiger partial charge is 0.321 e. The van der Waals surface area contributed by atoms with E-state index in [2.05, 4.69) is 8.62 Å². The van der Waals surface area contributed by atoms with E-state index in [-0.39, 0.29) is 5.30 Å². The van der Waals surface area contributed by atoms with Crippen LogP contribution in [0.5, 0.6) is 0 Å². The third kappa shape index (κ3) is 5.12. The standard InChI is InChI=1S/C6H9O9P3/c7-16(8,6-4-2-1-3-5-6)14-18(12,13)15-17(9,10)11/h1-5H,(H,7,8)(H,12,13)(H2,9,10,11). The van der Waals surface area contributed by atoms with Crippen LogP contribution < -0.4 is 5.30 Å². The first-order valence-electron chi connectivity index (χ1n) is 4.21. The molecular weight excluding hydrogens is 309 g/mol. The van der Waals surface area contributed by atoms with Gasteiger partial charge < -0.3 is 19.6 Å². The lowest BCUT2D eigenvalue weighted by Gasteiger charge is -2.16. The minimum Gasteiger partial charge on any atom is -0.321 e. The zero-order valence-corrected chi connectivity index (χ0v) is 11.2. The summed E-state index contributed by atoms with van der Waals surface area (Å²) in [6.07, 6.45) is 0. The molecule has 0 bridgehead atoms. The predicted octanol–water partition coefficient (Wildman–Crippen LogP) is 0.724. The van der Waals surface area contributed by atoms with E-state index in [0.717, 1.165) is 12.1 Å². The van der Waals surface area contributed by atoms with E-state index >= 15 is 0 Å². The molecule has 0 aliphatic rings. The third-order valence-electron chi connectivity index (χ3n) is 1.51. The molecule has 0 aromatic heterocycles. The predicted molar refractivity (Wildman–Crippen MR) is 59.9 cm³/mol. The van der Waals surface area contributed by atoms with Crippen LogP contribution in [-0.4, -0.2) is 19.6 Å². The average molecular weight is 318 g/mol. The van der Waals surface area contributed by atoms with Gasteiger partial charge in [0.15, 0.2) is 0 Å². The minimum atomic E-state index is -5.38. The second kappa shape index (κ2) is 5.35. The summed E-state index contributed by atoms with van der Waals surface area (Å²) < 4.78 is 40.3. The maximum atomic E-state index is 11.6. The lowest BCUT2D eigenvalue weighted by molar-refractivity contribution is 0.224. The van der Waals surface area contributed by atoms with Crippen molar-refractivity contribution in [1.29, 1.82) is 0 Å². The van der Waals surface area contributed by atoms with Crippen molar-refractivity contribution in [2.24, 2.45) is 0 Å². The van der Waals surface area contributed by atoms with Crippen LogP contribution in [-0.2, 0) is 22.3 Å². The number of rotatable bonds is 5. The van der Waals surface area contributed by atoms with Crippen LogP contribution in [0.4, 0.5) is 0 Å². The molecule has 18 heavy (non-hydrogen) atoms. The Hall–Kier alpha value is -0.330. The van der Waals surface area contributed by atoms with Gasteiger partial charge in [0.25, 0.3) is 0 Å². The number of hydrogen-bond acceptors (Lipinski definition) is 5. The summed E-state index contributed by atoms with van der Waals surface area (Å²) in [4.78, 5) is 35.0. The van der Waals surface area contributed by atoms with Crippen LogP contribution in [0.25, 0.3) is 0 Å². The van der Waals surface area contributed by atoms with Gasteiger partial charge in [-0.25, -0.2) is 13.4 Å². The molecule has 0 aliphatic carbocycles. The number of hydrogen-bond donors (Lipinski definition) is 4. The molecule has 1 aromatic rings. The molecule has 102 valence electrons. The van der Waals surface area contributed by atoms with Crippen molar-refractivity contribution in [2.45, 2.75) is 0 Å². The highest BCUT2D eigenvalue weighted by Crippen LogP contribution is 2.65. The Morgan fingerprint density at radius 3 is 1.78 bits per heavy atom. The Kier molecular flexibility index (Phi) is 4.67. The molecule has 2 unspecified atom stereocenters. The Morgan fingerprint density at radius 1 is 0.833 bits per heavy atom. The van der Waals surface area contributed by atoms with Crippen LogP contribution in [0.3, 0.4) is 0 Å². The van der Waals surface area contributed by atoms with E-state index in [1.807, 2.05) is 0 Å². The lowest BCUT2D eigenvalue weighted by atomic mass is 10.4. The molecule has 0 amide bonds. The van der Waals surface area contributed by atoms with Gasteiger partial charge in [-0.15, -0.1) is 0 Å². The number of phosphoric acid groups is 2. The molecule has 0 heterocycles. The van der Waals surface area contributed by atoms with Crippen LogP contribution >= 0.6 is 23.2 Å². The first-order valence-corrected chi connectivity index (χ1v) is 8.82. The summed E-state index contributed by atoms with van der Waals surface area (Å²) in [7, 11) is -15.4. The fourth-order valence-electron chi connectivity index (χ4n) is 0.953. The van der Waals surface area contributed by atoms with Crippen molar-refractivity contribution >= 4 is 28.5 Å². The van der Waals surface area contributed by atoms with Gasteiger partial charge in [0, 0.05) is 0 Å². The largest absolute Gasteiger partial charge is 0.488 e. The van der Waals surface area contributed by atoms with Crippen LogP contribution in [0.2, 0.25) is 0 Å². The Balaban J connectivity index is 2.94. The maximum absolute atomic E-state index is 11.6. The zero-order chi connectivity index (χ0) is 14.0. The van der Waals surface area contributed by atoms with E-state index in [0.29, 0.717) is 0 Å². The normalized spacial score (nSPS) is 18.9. The quantitative estimate of drug-likeness (QED) is 0.576. The lowest BCUT2D eigenvalue weighted by Crippen LogP contribution is -2.06. The van der Waals surface area contributed by atoms with Gasteiger partial charge in [-0.05, 0) is 12.1 Å². The molecule has 0 fully saturated rings. The Morgan fingerprint density at radius 2 is 1.33 bits per heavy atom. The average Bonchev–Trinajstić information content (AvgIpc) is 2.13. The van der Waals surface area contributed by atoms with E-state index in [1.54, 1.807) is 0 Å². The summed E-state index contributed by atoms with van der Waals surface area (Å²) in [5.41, 5.74) is 0. The van der Waals surface area contributed by atoms with Crippen LogP contribution in [0.15, 0.2) is 30.3 Å². The maximum Gasteiger partial charge on any atom is 0.488 e. The van der Waals surface area contributed by atoms with Crippen molar-refractivity contribution in [1.82, 2.24) is 0 Å². The first kappa shape index (κ1) is 15.7.